The van der Waals surface area contributed by atoms with Crippen LogP contribution in [0.5, 0.6) is 0 Å². The molecule has 5 nitrogen and oxygen atoms in total. The molecule has 8 aromatic carbocycles. The van der Waals surface area contributed by atoms with E-state index in [2.05, 4.69) is 158 Å². The summed E-state index contributed by atoms with van der Waals surface area (Å²) in [7, 11) is 0. The SMILES string of the molecule is c1ccc(-c2ccc(-c3nc(-c4ccccc4)nc(-c4cc(-c5ccc6ccc7ccc(-c8ccccc8)nc7c6n5)cc(-c5cccc6c5sc5ccccc56)c4)n3)cc2)cc1. The summed E-state index contributed by atoms with van der Waals surface area (Å²) < 4.78 is 2.49. The van der Waals surface area contributed by atoms with Gasteiger partial charge < -0.3 is 0 Å². The summed E-state index contributed by atoms with van der Waals surface area (Å²) in [5.41, 5.74) is 12.7. The molecule has 0 saturated heterocycles. The molecule has 0 N–H and O–H groups in total. The molecule has 0 unspecified atom stereocenters. The van der Waals surface area contributed by atoms with Gasteiger partial charge in [-0.25, -0.2) is 24.9 Å². The van der Waals surface area contributed by atoms with Gasteiger partial charge in [-0.1, -0.05) is 176 Å². The van der Waals surface area contributed by atoms with Gasteiger partial charge in [0.1, 0.15) is 0 Å². The molecule has 294 valence electrons. The van der Waals surface area contributed by atoms with Crippen LogP contribution in [-0.2, 0) is 0 Å². The Bertz CT molecular complexity index is 3660. The first-order valence-electron chi connectivity index (χ1n) is 21.0. The molecule has 63 heavy (non-hydrogen) atoms. The van der Waals surface area contributed by atoms with Crippen LogP contribution in [0.3, 0.4) is 0 Å². The van der Waals surface area contributed by atoms with Crippen LogP contribution < -0.4 is 0 Å². The van der Waals surface area contributed by atoms with Crippen molar-refractivity contribution in [1.29, 1.82) is 0 Å². The Balaban J connectivity index is 1.07. The van der Waals surface area contributed by atoms with Gasteiger partial charge in [0, 0.05) is 58.8 Å². The summed E-state index contributed by atoms with van der Waals surface area (Å²) in [5, 5.41) is 4.57. The lowest BCUT2D eigenvalue weighted by Crippen LogP contribution is -2.01. The Hall–Kier alpha value is -8.19. The summed E-state index contributed by atoms with van der Waals surface area (Å²) in [5.74, 6) is 1.79. The van der Waals surface area contributed by atoms with E-state index in [-0.39, 0.29) is 0 Å². The number of rotatable bonds is 7. The van der Waals surface area contributed by atoms with Gasteiger partial charge in [0.2, 0.25) is 0 Å². The maximum absolute atomic E-state index is 5.43. The number of thiophene rings is 1. The van der Waals surface area contributed by atoms with Crippen molar-refractivity contribution in [3.8, 4) is 78.9 Å². The number of hydrogen-bond donors (Lipinski definition) is 0. The molecule has 0 aliphatic heterocycles. The molecule has 4 aromatic heterocycles. The third-order valence-corrected chi connectivity index (χ3v) is 12.9. The smallest absolute Gasteiger partial charge is 0.164 e. The van der Waals surface area contributed by atoms with Gasteiger partial charge in [-0.2, -0.15) is 0 Å². The second-order valence-corrected chi connectivity index (χ2v) is 16.7. The Morgan fingerprint density at radius 2 is 0.746 bits per heavy atom. The van der Waals surface area contributed by atoms with Gasteiger partial charge >= 0.3 is 0 Å². The fraction of sp³-hybridized carbons (Fsp3) is 0. The van der Waals surface area contributed by atoms with Crippen LogP contribution >= 0.6 is 11.3 Å². The number of nitrogens with zero attached hydrogens (tertiary/aromatic N) is 5. The second kappa shape index (κ2) is 15.4. The summed E-state index contributed by atoms with van der Waals surface area (Å²) in [6, 6.07) is 74.0. The molecule has 0 bridgehead atoms. The van der Waals surface area contributed by atoms with E-state index in [0.717, 1.165) is 83.3 Å². The molecule has 0 saturated carbocycles. The molecule has 0 spiro atoms. The molecule has 0 radical (unpaired) electrons. The zero-order valence-electron chi connectivity index (χ0n) is 33.9. The van der Waals surface area contributed by atoms with E-state index >= 15 is 0 Å². The van der Waals surface area contributed by atoms with E-state index in [1.54, 1.807) is 0 Å². The van der Waals surface area contributed by atoms with E-state index < -0.39 is 0 Å². The van der Waals surface area contributed by atoms with E-state index in [1.165, 1.54) is 20.2 Å². The number of benzene rings is 8. The monoisotopic (exact) mass is 821 g/mol. The lowest BCUT2D eigenvalue weighted by molar-refractivity contribution is 1.07. The summed E-state index contributed by atoms with van der Waals surface area (Å²) in [4.78, 5) is 26.2. The van der Waals surface area contributed by atoms with Crippen molar-refractivity contribution in [3.63, 3.8) is 0 Å². The molecule has 12 aromatic rings. The number of pyridine rings is 2. The van der Waals surface area contributed by atoms with Crippen molar-refractivity contribution in [1.82, 2.24) is 24.9 Å². The predicted molar refractivity (Wildman–Crippen MR) is 261 cm³/mol. The van der Waals surface area contributed by atoms with Gasteiger partial charge in [-0.05, 0) is 58.7 Å². The molecule has 0 aliphatic carbocycles. The number of aromatic nitrogens is 5. The largest absolute Gasteiger partial charge is 0.245 e. The lowest BCUT2D eigenvalue weighted by atomic mass is 9.96. The third kappa shape index (κ3) is 6.79. The minimum atomic E-state index is 0.581. The first-order valence-corrected chi connectivity index (χ1v) is 21.8. The zero-order chi connectivity index (χ0) is 41.7. The Morgan fingerprint density at radius 3 is 1.41 bits per heavy atom. The molecule has 0 aliphatic rings. The topological polar surface area (TPSA) is 64.5 Å². The van der Waals surface area contributed by atoms with Crippen molar-refractivity contribution >= 4 is 53.3 Å². The van der Waals surface area contributed by atoms with E-state index in [9.17, 15) is 0 Å². The Morgan fingerprint density at radius 1 is 0.286 bits per heavy atom. The normalized spacial score (nSPS) is 11.5. The highest BCUT2D eigenvalue weighted by molar-refractivity contribution is 7.26. The highest BCUT2D eigenvalue weighted by atomic mass is 32.1. The van der Waals surface area contributed by atoms with Crippen LogP contribution in [0.25, 0.3) is 121 Å². The van der Waals surface area contributed by atoms with Crippen molar-refractivity contribution in [2.75, 3.05) is 0 Å². The average Bonchev–Trinajstić information content (AvgIpc) is 3.76. The Kier molecular flexibility index (Phi) is 8.94. The van der Waals surface area contributed by atoms with Gasteiger partial charge in [0.05, 0.1) is 22.4 Å². The van der Waals surface area contributed by atoms with Crippen LogP contribution in [-0.4, -0.2) is 24.9 Å². The third-order valence-electron chi connectivity index (χ3n) is 11.7. The standard InChI is InChI=1S/C57H35N5S/c1-4-13-36(14-5-1)37-23-27-42(28-24-37)56-60-55(41-17-8-3-9-18-41)61-57(62-56)45-34-43(46-20-12-21-48-47-19-10-11-22-51(47)63-54(46)48)33-44(35-45)50-32-30-40-26-25-39-29-31-49(38-15-6-2-7-16-38)58-52(39)53(40)59-50/h1-35H. The maximum Gasteiger partial charge on any atom is 0.164 e. The van der Waals surface area contributed by atoms with Crippen LogP contribution in [0.4, 0.5) is 0 Å². The number of hydrogen-bond acceptors (Lipinski definition) is 6. The van der Waals surface area contributed by atoms with Gasteiger partial charge in [-0.3, -0.25) is 0 Å². The zero-order valence-corrected chi connectivity index (χ0v) is 34.7. The molecule has 0 fully saturated rings. The second-order valence-electron chi connectivity index (χ2n) is 15.7. The maximum atomic E-state index is 5.43. The quantitative estimate of drug-likeness (QED) is 0.150. The van der Waals surface area contributed by atoms with Crippen molar-refractivity contribution in [3.05, 3.63) is 212 Å². The minimum Gasteiger partial charge on any atom is -0.245 e. The summed E-state index contributed by atoms with van der Waals surface area (Å²) in [6.07, 6.45) is 0. The van der Waals surface area contributed by atoms with Crippen LogP contribution in [0, 0.1) is 0 Å². The van der Waals surface area contributed by atoms with E-state index in [4.69, 9.17) is 24.9 Å². The first kappa shape index (κ1) is 36.6. The number of fused-ring (bicyclic) bond motifs is 6. The molecular formula is C57H35N5S. The molecule has 4 heterocycles. The van der Waals surface area contributed by atoms with Gasteiger partial charge in [0.15, 0.2) is 17.5 Å². The average molecular weight is 822 g/mol. The predicted octanol–water partition coefficient (Wildman–Crippen LogP) is 15.0. The first-order chi connectivity index (χ1) is 31.2. The lowest BCUT2D eigenvalue weighted by Gasteiger charge is -2.13. The van der Waals surface area contributed by atoms with E-state index in [1.807, 2.05) is 65.9 Å². The summed E-state index contributed by atoms with van der Waals surface area (Å²) >= 11 is 1.82. The molecule has 6 heteroatoms. The van der Waals surface area contributed by atoms with Gasteiger partial charge in [0.25, 0.3) is 0 Å². The Labute approximate surface area is 367 Å². The molecular weight excluding hydrogens is 787 g/mol. The van der Waals surface area contributed by atoms with E-state index in [0.29, 0.717) is 17.5 Å². The molecule has 0 amide bonds. The molecule has 12 rings (SSSR count). The van der Waals surface area contributed by atoms with Crippen molar-refractivity contribution in [2.24, 2.45) is 0 Å². The van der Waals surface area contributed by atoms with Crippen molar-refractivity contribution < 1.29 is 0 Å². The van der Waals surface area contributed by atoms with Crippen LogP contribution in [0.15, 0.2) is 212 Å². The highest BCUT2D eigenvalue weighted by Gasteiger charge is 2.18. The van der Waals surface area contributed by atoms with Crippen LogP contribution in [0.2, 0.25) is 0 Å². The molecule has 0 atom stereocenters. The summed E-state index contributed by atoms with van der Waals surface area (Å²) in [6.45, 7) is 0. The fourth-order valence-electron chi connectivity index (χ4n) is 8.53. The van der Waals surface area contributed by atoms with Gasteiger partial charge in [-0.15, -0.1) is 11.3 Å². The van der Waals surface area contributed by atoms with Crippen molar-refractivity contribution in [2.45, 2.75) is 0 Å². The fourth-order valence-corrected chi connectivity index (χ4v) is 9.76. The highest BCUT2D eigenvalue weighted by Crippen LogP contribution is 2.42. The minimum absolute atomic E-state index is 0.581. The van der Waals surface area contributed by atoms with Crippen LogP contribution in [0.1, 0.15) is 0 Å².